The van der Waals surface area contributed by atoms with E-state index in [4.69, 9.17) is 0 Å². The Labute approximate surface area is 202 Å². The van der Waals surface area contributed by atoms with Crippen LogP contribution in [-0.4, -0.2) is 28.0 Å². The van der Waals surface area contributed by atoms with Crippen molar-refractivity contribution in [2.75, 3.05) is 4.90 Å². The molecule has 5 rings (SSSR count). The molecule has 2 amide bonds. The summed E-state index contributed by atoms with van der Waals surface area (Å²) < 4.78 is 2.04. The zero-order valence-electron chi connectivity index (χ0n) is 20.6. The van der Waals surface area contributed by atoms with Crippen molar-refractivity contribution in [3.63, 3.8) is 0 Å². The van der Waals surface area contributed by atoms with Crippen molar-refractivity contribution in [3.8, 4) is 0 Å². The lowest BCUT2D eigenvalue weighted by molar-refractivity contribution is -0.127. The number of benzene rings is 2. The molecule has 1 aliphatic carbocycles. The van der Waals surface area contributed by atoms with Crippen LogP contribution in [0.2, 0.25) is 0 Å². The second kappa shape index (κ2) is 8.94. The molecule has 5 heteroatoms. The molecule has 2 heterocycles. The number of fused-ring (bicyclic) bond motifs is 3. The number of hydrogen-bond donors (Lipinski definition) is 1. The van der Waals surface area contributed by atoms with Gasteiger partial charge in [-0.3, -0.25) is 14.5 Å². The number of anilines is 1. The van der Waals surface area contributed by atoms with E-state index < -0.39 is 5.54 Å². The average Bonchev–Trinajstić information content (AvgIpc) is 3.17. The fourth-order valence-corrected chi connectivity index (χ4v) is 5.74. The lowest BCUT2D eigenvalue weighted by Gasteiger charge is -2.45. The van der Waals surface area contributed by atoms with Crippen LogP contribution in [0.4, 0.5) is 5.69 Å². The van der Waals surface area contributed by atoms with Gasteiger partial charge >= 0.3 is 0 Å². The molecule has 2 aromatic carbocycles. The van der Waals surface area contributed by atoms with Gasteiger partial charge in [-0.05, 0) is 62.9 Å². The lowest BCUT2D eigenvalue weighted by atomic mass is 9.90. The summed E-state index contributed by atoms with van der Waals surface area (Å²) in [5.41, 5.74) is 3.56. The van der Waals surface area contributed by atoms with Crippen LogP contribution < -0.4 is 10.2 Å². The van der Waals surface area contributed by atoms with E-state index in [9.17, 15) is 9.59 Å². The van der Waals surface area contributed by atoms with Gasteiger partial charge in [0.15, 0.2) is 0 Å². The number of amides is 2. The Morgan fingerprint density at radius 3 is 2.44 bits per heavy atom. The zero-order valence-corrected chi connectivity index (χ0v) is 20.6. The summed E-state index contributed by atoms with van der Waals surface area (Å²) in [6.07, 6.45) is 8.07. The summed E-state index contributed by atoms with van der Waals surface area (Å²) in [5, 5.41) is 4.40. The van der Waals surface area contributed by atoms with E-state index in [1.54, 1.807) is 4.90 Å². The molecule has 0 spiro atoms. The third kappa shape index (κ3) is 3.81. The van der Waals surface area contributed by atoms with Gasteiger partial charge < -0.3 is 9.88 Å². The van der Waals surface area contributed by atoms with Crippen molar-refractivity contribution in [1.82, 2.24) is 9.88 Å². The maximum atomic E-state index is 14.1. The van der Waals surface area contributed by atoms with E-state index in [1.807, 2.05) is 60.9 Å². The van der Waals surface area contributed by atoms with Crippen LogP contribution in [0.15, 0.2) is 48.5 Å². The first-order valence-corrected chi connectivity index (χ1v) is 12.7. The normalized spacial score (nSPS) is 21.7. The molecule has 0 unspecified atom stereocenters. The van der Waals surface area contributed by atoms with E-state index in [2.05, 4.69) is 18.3 Å². The van der Waals surface area contributed by atoms with E-state index in [-0.39, 0.29) is 17.9 Å². The van der Waals surface area contributed by atoms with Crippen LogP contribution >= 0.6 is 0 Å². The number of hydrogen-bond acceptors (Lipinski definition) is 2. The first-order valence-electron chi connectivity index (χ1n) is 12.7. The molecule has 1 aliphatic heterocycles. The molecule has 1 N–H and O–H groups in total. The number of para-hydroxylation sites is 1. The van der Waals surface area contributed by atoms with E-state index in [1.165, 1.54) is 19.3 Å². The molecule has 3 aromatic rings. The number of carbonyl (C=O) groups excluding carboxylic acids is 2. The number of nitrogens with one attached hydrogen (secondary N) is 1. The fourth-order valence-electron chi connectivity index (χ4n) is 5.74. The molecule has 0 radical (unpaired) electrons. The van der Waals surface area contributed by atoms with Crippen LogP contribution in [0.3, 0.4) is 0 Å². The Morgan fingerprint density at radius 2 is 1.68 bits per heavy atom. The summed E-state index contributed by atoms with van der Waals surface area (Å²) in [5.74, 6) is -0.178. The second-order valence-corrected chi connectivity index (χ2v) is 10.3. The monoisotopic (exact) mass is 457 g/mol. The largest absolute Gasteiger partial charge is 0.351 e. The summed E-state index contributed by atoms with van der Waals surface area (Å²) in [7, 11) is 0. The van der Waals surface area contributed by atoms with Crippen molar-refractivity contribution in [2.24, 2.45) is 0 Å². The van der Waals surface area contributed by atoms with E-state index >= 15 is 0 Å². The highest BCUT2D eigenvalue weighted by Gasteiger charge is 2.49. The van der Waals surface area contributed by atoms with Gasteiger partial charge in [0, 0.05) is 22.6 Å². The van der Waals surface area contributed by atoms with Crippen LogP contribution in [0.5, 0.6) is 0 Å². The van der Waals surface area contributed by atoms with Gasteiger partial charge in [0.2, 0.25) is 5.91 Å². The number of aryl methyl sites for hydroxylation is 1. The molecule has 1 aromatic heterocycles. The van der Waals surface area contributed by atoms with Crippen molar-refractivity contribution >= 4 is 28.4 Å². The summed E-state index contributed by atoms with van der Waals surface area (Å²) >= 11 is 0. The molecule has 5 nitrogen and oxygen atoms in total. The predicted octanol–water partition coefficient (Wildman–Crippen LogP) is 5.91. The molecule has 0 saturated heterocycles. The van der Waals surface area contributed by atoms with Gasteiger partial charge in [-0.25, -0.2) is 0 Å². The minimum atomic E-state index is -1.03. The van der Waals surface area contributed by atoms with Gasteiger partial charge in [-0.1, -0.05) is 62.4 Å². The first kappa shape index (κ1) is 22.7. The van der Waals surface area contributed by atoms with Gasteiger partial charge in [-0.15, -0.1) is 0 Å². The van der Waals surface area contributed by atoms with Crippen LogP contribution in [0.1, 0.15) is 73.5 Å². The van der Waals surface area contributed by atoms with E-state index in [0.29, 0.717) is 12.2 Å². The highest BCUT2D eigenvalue weighted by atomic mass is 16.2. The molecular weight excluding hydrogens is 422 g/mol. The smallest absolute Gasteiger partial charge is 0.275 e. The van der Waals surface area contributed by atoms with Crippen molar-refractivity contribution in [2.45, 2.75) is 83.8 Å². The standard InChI is InChI=1S/C29H35N3O2/c1-20-12-11-17-24(21(20)2)32-27(33)26-18-22-13-9-10-16-25(22)31(26)19-29(32,3)28(34)30-23-14-7-5-4-6-8-15-23/h9-13,16-18,23H,4-8,14-15,19H2,1-3H3,(H,30,34)/t29-/m0/s1. The maximum Gasteiger partial charge on any atom is 0.275 e. The highest BCUT2D eigenvalue weighted by molar-refractivity contribution is 6.14. The van der Waals surface area contributed by atoms with E-state index in [0.717, 1.165) is 53.4 Å². The average molecular weight is 458 g/mol. The lowest BCUT2D eigenvalue weighted by Crippen LogP contribution is -2.65. The summed E-state index contributed by atoms with van der Waals surface area (Å²) in [6.45, 7) is 6.45. The topological polar surface area (TPSA) is 54.3 Å². The van der Waals surface area contributed by atoms with Gasteiger partial charge in [0.05, 0.1) is 6.54 Å². The SMILES string of the molecule is Cc1cccc(N2C(=O)c3cc4ccccc4n3C[C@@]2(C)C(=O)NC2CCCCCCC2)c1C. The fraction of sp³-hybridized carbons (Fsp3) is 0.448. The van der Waals surface area contributed by atoms with Crippen LogP contribution in [-0.2, 0) is 11.3 Å². The molecule has 1 fully saturated rings. The highest BCUT2D eigenvalue weighted by Crippen LogP contribution is 2.38. The number of aromatic nitrogens is 1. The third-order valence-electron chi connectivity index (χ3n) is 7.94. The second-order valence-electron chi connectivity index (χ2n) is 10.3. The van der Waals surface area contributed by atoms with Crippen LogP contribution in [0, 0.1) is 13.8 Å². The predicted molar refractivity (Wildman–Crippen MR) is 137 cm³/mol. The van der Waals surface area contributed by atoms with Gasteiger partial charge in [-0.2, -0.15) is 0 Å². The Bertz CT molecular complexity index is 1240. The number of rotatable bonds is 3. The van der Waals surface area contributed by atoms with Crippen LogP contribution in [0.25, 0.3) is 10.9 Å². The Hall–Kier alpha value is -3.08. The third-order valence-corrected chi connectivity index (χ3v) is 7.94. The summed E-state index contributed by atoms with van der Waals surface area (Å²) in [6, 6.07) is 16.2. The quantitative estimate of drug-likeness (QED) is 0.532. The Kier molecular flexibility index (Phi) is 5.97. The number of nitrogens with zero attached hydrogens (tertiary/aromatic N) is 2. The minimum Gasteiger partial charge on any atom is -0.351 e. The van der Waals surface area contributed by atoms with Gasteiger partial charge in [0.1, 0.15) is 11.2 Å². The molecule has 2 aliphatic rings. The van der Waals surface area contributed by atoms with Crippen molar-refractivity contribution < 1.29 is 9.59 Å². The minimum absolute atomic E-state index is 0.0595. The molecule has 178 valence electrons. The molecule has 1 saturated carbocycles. The first-order chi connectivity index (χ1) is 16.4. The maximum absolute atomic E-state index is 14.1. The molecule has 0 bridgehead atoms. The zero-order chi connectivity index (χ0) is 23.9. The van der Waals surface area contributed by atoms with Crippen molar-refractivity contribution in [1.29, 1.82) is 0 Å². The molecule has 1 atom stereocenters. The molecule has 34 heavy (non-hydrogen) atoms. The Balaban J connectivity index is 1.60. The summed E-state index contributed by atoms with van der Waals surface area (Å²) in [4.78, 5) is 29.9. The Morgan fingerprint density at radius 1 is 0.971 bits per heavy atom. The van der Waals surface area contributed by atoms with Gasteiger partial charge in [0.25, 0.3) is 5.91 Å². The molecular formula is C29H35N3O2. The van der Waals surface area contributed by atoms with Crippen molar-refractivity contribution in [3.05, 3.63) is 65.4 Å². The number of carbonyl (C=O) groups is 2.